The van der Waals surface area contributed by atoms with Gasteiger partial charge in [0.1, 0.15) is 11.5 Å². The highest BCUT2D eigenvalue weighted by molar-refractivity contribution is 5.85. The molecule has 2 atom stereocenters. The first-order chi connectivity index (χ1) is 12.1. The fourth-order valence-electron chi connectivity index (χ4n) is 3.38. The van der Waals surface area contributed by atoms with Crippen LogP contribution in [0.4, 0.5) is 0 Å². The summed E-state index contributed by atoms with van der Waals surface area (Å²) in [7, 11) is 3.21. The van der Waals surface area contributed by atoms with Crippen molar-refractivity contribution in [3.05, 3.63) is 59.7 Å². The van der Waals surface area contributed by atoms with Crippen LogP contribution in [0, 0.1) is 0 Å². The standard InChI is InChI=1S/C20H24N2O3.ClH/c1-24-16-8-9-19(25-2)15(10-16)11-20(23)22-12-17(18(21)13-22)14-6-4-3-5-7-14;/h3-10,17-18H,11-13,21H2,1-2H3;1H/t17-,18+;/m0./s1. The maximum atomic E-state index is 12.8. The van der Waals surface area contributed by atoms with Crippen molar-refractivity contribution in [2.45, 2.75) is 18.4 Å². The van der Waals surface area contributed by atoms with Gasteiger partial charge < -0.3 is 20.1 Å². The molecule has 1 heterocycles. The number of benzene rings is 2. The van der Waals surface area contributed by atoms with E-state index in [1.807, 2.05) is 41.3 Å². The van der Waals surface area contributed by atoms with Gasteiger partial charge in [-0.1, -0.05) is 30.3 Å². The zero-order chi connectivity index (χ0) is 17.8. The van der Waals surface area contributed by atoms with Gasteiger partial charge >= 0.3 is 0 Å². The van der Waals surface area contributed by atoms with E-state index in [0.717, 1.165) is 5.56 Å². The van der Waals surface area contributed by atoms with Crippen molar-refractivity contribution in [2.24, 2.45) is 5.73 Å². The summed E-state index contributed by atoms with van der Waals surface area (Å²) in [5.41, 5.74) is 8.30. The molecule has 0 radical (unpaired) electrons. The molecule has 1 amide bonds. The first-order valence-corrected chi connectivity index (χ1v) is 8.41. The Morgan fingerprint density at radius 2 is 1.85 bits per heavy atom. The number of nitrogens with zero attached hydrogens (tertiary/aromatic N) is 1. The van der Waals surface area contributed by atoms with E-state index in [1.165, 1.54) is 5.56 Å². The molecule has 3 rings (SSSR count). The van der Waals surface area contributed by atoms with E-state index in [4.69, 9.17) is 15.2 Å². The lowest BCUT2D eigenvalue weighted by Gasteiger charge is -2.18. The Kier molecular flexibility index (Phi) is 6.89. The lowest BCUT2D eigenvalue weighted by Crippen LogP contribution is -2.33. The van der Waals surface area contributed by atoms with E-state index in [1.54, 1.807) is 14.2 Å². The van der Waals surface area contributed by atoms with Crippen LogP contribution in [-0.4, -0.2) is 44.2 Å². The minimum atomic E-state index is -0.0430. The summed E-state index contributed by atoms with van der Waals surface area (Å²) >= 11 is 0. The summed E-state index contributed by atoms with van der Waals surface area (Å²) in [6.07, 6.45) is 0.272. The van der Waals surface area contributed by atoms with Gasteiger partial charge in [-0.15, -0.1) is 12.4 Å². The van der Waals surface area contributed by atoms with Crippen LogP contribution < -0.4 is 15.2 Å². The lowest BCUT2D eigenvalue weighted by atomic mass is 9.95. The highest BCUT2D eigenvalue weighted by Gasteiger charge is 2.33. The lowest BCUT2D eigenvalue weighted by molar-refractivity contribution is -0.129. The molecule has 1 saturated heterocycles. The molecule has 5 nitrogen and oxygen atoms in total. The van der Waals surface area contributed by atoms with Gasteiger partial charge in [0.15, 0.2) is 0 Å². The van der Waals surface area contributed by atoms with Crippen molar-refractivity contribution in [1.82, 2.24) is 4.90 Å². The van der Waals surface area contributed by atoms with Crippen molar-refractivity contribution < 1.29 is 14.3 Å². The van der Waals surface area contributed by atoms with Gasteiger partial charge in [-0.25, -0.2) is 0 Å². The van der Waals surface area contributed by atoms with Gasteiger partial charge in [0.2, 0.25) is 5.91 Å². The van der Waals surface area contributed by atoms with Gasteiger partial charge in [0, 0.05) is 30.6 Å². The monoisotopic (exact) mass is 376 g/mol. The largest absolute Gasteiger partial charge is 0.497 e. The number of hydrogen-bond acceptors (Lipinski definition) is 4. The van der Waals surface area contributed by atoms with Crippen LogP contribution in [-0.2, 0) is 11.2 Å². The molecule has 1 fully saturated rings. The van der Waals surface area contributed by atoms with Crippen LogP contribution >= 0.6 is 12.4 Å². The summed E-state index contributed by atoms with van der Waals surface area (Å²) in [4.78, 5) is 14.6. The van der Waals surface area contributed by atoms with Crippen LogP contribution in [0.3, 0.4) is 0 Å². The molecule has 0 bridgehead atoms. The quantitative estimate of drug-likeness (QED) is 0.871. The molecule has 2 N–H and O–H groups in total. The molecule has 1 aliphatic rings. The van der Waals surface area contributed by atoms with Gasteiger partial charge in [-0.2, -0.15) is 0 Å². The number of methoxy groups -OCH3 is 2. The fraction of sp³-hybridized carbons (Fsp3) is 0.350. The van der Waals surface area contributed by atoms with E-state index < -0.39 is 0 Å². The third kappa shape index (κ3) is 4.29. The van der Waals surface area contributed by atoms with E-state index in [9.17, 15) is 4.79 Å². The Hall–Kier alpha value is -2.24. The molecule has 2 aromatic carbocycles. The number of ether oxygens (including phenoxy) is 2. The topological polar surface area (TPSA) is 64.8 Å². The summed E-state index contributed by atoms with van der Waals surface area (Å²) in [5.74, 6) is 1.64. The molecular weight excluding hydrogens is 352 g/mol. The Morgan fingerprint density at radius 1 is 1.12 bits per heavy atom. The molecule has 0 saturated carbocycles. The summed E-state index contributed by atoms with van der Waals surface area (Å²) < 4.78 is 10.6. The predicted octanol–water partition coefficient (Wildman–Crippen LogP) is 2.62. The van der Waals surface area contributed by atoms with Crippen molar-refractivity contribution in [1.29, 1.82) is 0 Å². The SMILES string of the molecule is COc1ccc(OC)c(CC(=O)N2C[C@@H](N)[C@H](c3ccccc3)C2)c1.Cl. The third-order valence-corrected chi connectivity index (χ3v) is 4.77. The van der Waals surface area contributed by atoms with Crippen LogP contribution in [0.2, 0.25) is 0 Å². The van der Waals surface area contributed by atoms with Gasteiger partial charge in [-0.3, -0.25) is 4.79 Å². The number of amides is 1. The van der Waals surface area contributed by atoms with Crippen LogP contribution in [0.25, 0.3) is 0 Å². The smallest absolute Gasteiger partial charge is 0.227 e. The normalized spacial score (nSPS) is 19.0. The zero-order valence-electron chi connectivity index (χ0n) is 15.1. The van der Waals surface area contributed by atoms with Crippen molar-refractivity contribution in [3.63, 3.8) is 0 Å². The number of rotatable bonds is 5. The number of carbonyl (C=O) groups is 1. The third-order valence-electron chi connectivity index (χ3n) is 4.77. The van der Waals surface area contributed by atoms with Crippen LogP contribution in [0.5, 0.6) is 11.5 Å². The number of halogens is 1. The predicted molar refractivity (Wildman–Crippen MR) is 104 cm³/mol. The van der Waals surface area contributed by atoms with Gasteiger partial charge in [0.05, 0.1) is 20.6 Å². The molecule has 0 spiro atoms. The highest BCUT2D eigenvalue weighted by Crippen LogP contribution is 2.29. The van der Waals surface area contributed by atoms with E-state index in [-0.39, 0.29) is 36.7 Å². The van der Waals surface area contributed by atoms with Gasteiger partial charge in [-0.05, 0) is 23.8 Å². The zero-order valence-corrected chi connectivity index (χ0v) is 15.9. The molecule has 6 heteroatoms. The first kappa shape index (κ1) is 20.1. The van der Waals surface area contributed by atoms with E-state index in [2.05, 4.69) is 12.1 Å². The molecule has 0 unspecified atom stereocenters. The number of hydrogen-bond donors (Lipinski definition) is 1. The molecule has 2 aromatic rings. The van der Waals surface area contributed by atoms with Crippen molar-refractivity contribution in [3.8, 4) is 11.5 Å². The number of nitrogens with two attached hydrogens (primary N) is 1. The second-order valence-electron chi connectivity index (χ2n) is 6.33. The second kappa shape index (κ2) is 8.92. The molecule has 1 aliphatic heterocycles. The van der Waals surface area contributed by atoms with Crippen molar-refractivity contribution >= 4 is 18.3 Å². The minimum Gasteiger partial charge on any atom is -0.497 e. The fourth-order valence-corrected chi connectivity index (χ4v) is 3.38. The average Bonchev–Trinajstić information content (AvgIpc) is 3.04. The number of carbonyl (C=O) groups excluding carboxylic acids is 1. The second-order valence-corrected chi connectivity index (χ2v) is 6.33. The molecule has 0 aromatic heterocycles. The molecular formula is C20H25ClN2O3. The summed E-state index contributed by atoms with van der Waals surface area (Å²) in [5, 5.41) is 0. The highest BCUT2D eigenvalue weighted by atomic mass is 35.5. The average molecular weight is 377 g/mol. The van der Waals surface area contributed by atoms with Crippen LogP contribution in [0.1, 0.15) is 17.0 Å². The summed E-state index contributed by atoms with van der Waals surface area (Å²) in [6, 6.07) is 15.6. The molecule has 26 heavy (non-hydrogen) atoms. The Balaban J connectivity index is 0.00000243. The Morgan fingerprint density at radius 3 is 2.50 bits per heavy atom. The van der Waals surface area contributed by atoms with Crippen molar-refractivity contribution in [2.75, 3.05) is 27.3 Å². The Labute approximate surface area is 160 Å². The first-order valence-electron chi connectivity index (χ1n) is 8.41. The summed E-state index contributed by atoms with van der Waals surface area (Å²) in [6.45, 7) is 1.22. The number of likely N-dealkylation sites (tertiary alicyclic amines) is 1. The van der Waals surface area contributed by atoms with Gasteiger partial charge in [0.25, 0.3) is 0 Å². The Bertz CT molecular complexity index is 739. The van der Waals surface area contributed by atoms with E-state index >= 15 is 0 Å². The van der Waals surface area contributed by atoms with E-state index in [0.29, 0.717) is 24.6 Å². The maximum Gasteiger partial charge on any atom is 0.227 e. The molecule has 0 aliphatic carbocycles. The molecule has 140 valence electrons. The minimum absolute atomic E-state index is 0. The maximum absolute atomic E-state index is 12.8. The van der Waals surface area contributed by atoms with Crippen LogP contribution in [0.15, 0.2) is 48.5 Å².